The van der Waals surface area contributed by atoms with E-state index in [1.807, 2.05) is 0 Å². The van der Waals surface area contributed by atoms with Crippen molar-refractivity contribution in [1.82, 2.24) is 0 Å². The zero-order valence-corrected chi connectivity index (χ0v) is 14.3. The van der Waals surface area contributed by atoms with Crippen molar-refractivity contribution in [2.45, 2.75) is 80.5 Å². The van der Waals surface area contributed by atoms with Crippen LogP contribution in [0.5, 0.6) is 0 Å². The second-order valence-electron chi connectivity index (χ2n) is 5.62. The summed E-state index contributed by atoms with van der Waals surface area (Å²) in [6, 6.07) is 0. The van der Waals surface area contributed by atoms with Crippen molar-refractivity contribution in [3.63, 3.8) is 0 Å². The molecule has 0 aliphatic heterocycles. The van der Waals surface area contributed by atoms with Gasteiger partial charge in [0.25, 0.3) is 0 Å². The van der Waals surface area contributed by atoms with Crippen molar-refractivity contribution < 1.29 is 17.8 Å². The molecule has 0 saturated heterocycles. The molecule has 0 aromatic rings. The van der Waals surface area contributed by atoms with Crippen LogP contribution in [0, 0.1) is 0 Å². The zero-order valence-electron chi connectivity index (χ0n) is 12.0. The molecule has 2 rings (SSSR count). The Balaban J connectivity index is 1.91. The van der Waals surface area contributed by atoms with Crippen LogP contribution in [-0.2, 0) is 17.8 Å². The molecule has 104 valence electrons. The van der Waals surface area contributed by atoms with Gasteiger partial charge in [0, 0.05) is 0 Å². The second-order valence-corrected chi connectivity index (χ2v) is 10.7. The molecule has 0 heterocycles. The summed E-state index contributed by atoms with van der Waals surface area (Å²) >= 11 is -1.82. The fraction of sp³-hybridized carbons (Fsp3) is 1.00. The Kier molecular flexibility index (Phi) is 6.34. The molecule has 0 amide bonds. The van der Waals surface area contributed by atoms with Gasteiger partial charge in [-0.25, -0.2) is 0 Å². The summed E-state index contributed by atoms with van der Waals surface area (Å²) in [4.78, 5) is 1.11. The molecule has 0 unspecified atom stereocenters. The minimum atomic E-state index is -1.82. The Morgan fingerprint density at radius 3 is 1.82 bits per heavy atom. The average molecular weight is 436 g/mol. The van der Waals surface area contributed by atoms with E-state index in [0.29, 0.717) is 0 Å². The first kappa shape index (κ1) is 13.0. The molecule has 2 aliphatic rings. The van der Waals surface area contributed by atoms with Gasteiger partial charge in [-0.2, -0.15) is 0 Å². The molecular weight excluding hydrogens is 405 g/mol. The molecule has 0 bridgehead atoms. The summed E-state index contributed by atoms with van der Waals surface area (Å²) in [5.74, 6) is 0. The van der Waals surface area contributed by atoms with Crippen LogP contribution < -0.4 is 4.40 Å². The van der Waals surface area contributed by atoms with Gasteiger partial charge in [-0.1, -0.05) is 0 Å². The SMILES string of the molecule is [2H][Ir]([NH2])[CH2]CP(C1CCCCC1)C1CCCCC1. The second kappa shape index (κ2) is 8.26. The van der Waals surface area contributed by atoms with Gasteiger partial charge in [0.2, 0.25) is 0 Å². The zero-order chi connectivity index (χ0) is 12.8. The fourth-order valence-corrected chi connectivity index (χ4v) is 10.0. The maximum absolute atomic E-state index is 7.75. The maximum atomic E-state index is 7.75. The van der Waals surface area contributed by atoms with E-state index >= 15 is 0 Å². The Bertz CT molecular complexity index is 210. The number of hydrogen-bond acceptors (Lipinski definition) is 1. The van der Waals surface area contributed by atoms with Crippen LogP contribution >= 0.6 is 7.92 Å². The van der Waals surface area contributed by atoms with E-state index < -0.39 is 17.8 Å². The van der Waals surface area contributed by atoms with Crippen molar-refractivity contribution >= 4 is 7.92 Å². The average Bonchev–Trinajstić information content (AvgIpc) is 2.41. The van der Waals surface area contributed by atoms with Crippen molar-refractivity contribution in [2.75, 3.05) is 6.16 Å². The first-order chi connectivity index (χ1) is 8.77. The van der Waals surface area contributed by atoms with Gasteiger partial charge in [0.05, 0.1) is 0 Å². The van der Waals surface area contributed by atoms with Gasteiger partial charge in [0.15, 0.2) is 0 Å². The summed E-state index contributed by atoms with van der Waals surface area (Å²) in [5, 5.41) is 0. The van der Waals surface area contributed by atoms with E-state index in [-0.39, 0.29) is 7.92 Å². The van der Waals surface area contributed by atoms with E-state index in [4.69, 9.17) is 5.20 Å². The molecule has 2 N–H and O–H groups in total. The number of nitrogens with two attached hydrogens (primary N) is 1. The summed E-state index contributed by atoms with van der Waals surface area (Å²) in [7, 11) is 0.212. The van der Waals surface area contributed by atoms with Crippen LogP contribution in [0.4, 0.5) is 0 Å². The molecule has 0 aromatic carbocycles. The Morgan fingerprint density at radius 1 is 0.941 bits per heavy atom. The molecular formula is C14H29IrNP. The first-order valence-electron chi connectivity index (χ1n) is 7.73. The summed E-state index contributed by atoms with van der Waals surface area (Å²) in [6.45, 7) is 0. The fourth-order valence-electron chi connectivity index (χ4n) is 3.62. The summed E-state index contributed by atoms with van der Waals surface area (Å²) in [6.07, 6.45) is 16.2. The quantitative estimate of drug-likeness (QED) is 0.643. The van der Waals surface area contributed by atoms with E-state index in [2.05, 4.69) is 0 Å². The predicted molar refractivity (Wildman–Crippen MR) is 75.9 cm³/mol. The van der Waals surface area contributed by atoms with Crippen molar-refractivity contribution in [3.05, 3.63) is 0 Å². The third kappa shape index (κ3) is 4.57. The van der Waals surface area contributed by atoms with Crippen LogP contribution in [0.1, 0.15) is 64.2 Å². The topological polar surface area (TPSA) is 26.0 Å². The van der Waals surface area contributed by atoms with E-state index in [1.165, 1.54) is 70.4 Å². The Labute approximate surface area is 117 Å². The standard InChI is InChI=1S/C14H26P.Ir.H2N.H/c1-2-15(13-9-5-3-6-10-13)14-11-7-4-8-12-14;;;/h13-14H,1-12H2;;1H2;/q;+1;-1;/i;;;1+1. The van der Waals surface area contributed by atoms with Crippen LogP contribution in [-0.4, -0.2) is 18.3 Å². The molecule has 0 aromatic heterocycles. The van der Waals surface area contributed by atoms with Gasteiger partial charge < -0.3 is 0 Å². The molecule has 0 atom stereocenters. The summed E-state index contributed by atoms with van der Waals surface area (Å²) < 4.78 is 13.6. The molecule has 1 nitrogen and oxygen atoms in total. The monoisotopic (exact) mass is 436 g/mol. The molecule has 0 spiro atoms. The number of rotatable bonds is 5. The van der Waals surface area contributed by atoms with Crippen molar-refractivity contribution in [1.29, 1.82) is 0.800 Å². The molecule has 0 radical (unpaired) electrons. The predicted octanol–water partition coefficient (Wildman–Crippen LogP) is 4.24. The van der Waals surface area contributed by atoms with Crippen molar-refractivity contribution in [3.8, 4) is 0 Å². The van der Waals surface area contributed by atoms with E-state index in [1.54, 1.807) is 0 Å². The molecule has 2 saturated carbocycles. The molecule has 2 aliphatic carbocycles. The van der Waals surface area contributed by atoms with Gasteiger partial charge in [-0.05, 0) is 0 Å². The molecule has 17 heavy (non-hydrogen) atoms. The third-order valence-corrected chi connectivity index (χ3v) is 10.4. The molecule has 3 heteroatoms. The van der Waals surface area contributed by atoms with E-state index in [9.17, 15) is 0 Å². The van der Waals surface area contributed by atoms with Gasteiger partial charge >= 0.3 is 118 Å². The van der Waals surface area contributed by atoms with E-state index in [0.717, 1.165) is 16.3 Å². The van der Waals surface area contributed by atoms with Gasteiger partial charge in [-0.15, -0.1) is 0 Å². The van der Waals surface area contributed by atoms with Crippen molar-refractivity contribution in [2.24, 2.45) is 4.40 Å². The minimum absolute atomic E-state index is 0.212. The Hall–Kier alpha value is 1.04. The van der Waals surface area contributed by atoms with Crippen LogP contribution in [0.2, 0.25) is 4.93 Å². The summed E-state index contributed by atoms with van der Waals surface area (Å²) in [5.41, 5.74) is 2.10. The normalized spacial score (nSPS) is 26.0. The third-order valence-electron chi connectivity index (χ3n) is 4.52. The van der Waals surface area contributed by atoms with Crippen LogP contribution in [0.3, 0.4) is 0 Å². The van der Waals surface area contributed by atoms with Crippen LogP contribution in [0.15, 0.2) is 0 Å². The first-order valence-corrected chi connectivity index (χ1v) is 12.1. The number of hydrogen-bond donors (Lipinski definition) is 1. The van der Waals surface area contributed by atoms with Gasteiger partial charge in [-0.3, -0.25) is 0 Å². The Morgan fingerprint density at radius 2 is 1.41 bits per heavy atom. The molecule has 2 fully saturated rings. The van der Waals surface area contributed by atoms with Crippen LogP contribution in [0.25, 0.3) is 0 Å². The van der Waals surface area contributed by atoms with Gasteiger partial charge in [0.1, 0.15) is 0 Å².